The van der Waals surface area contributed by atoms with Gasteiger partial charge in [-0.05, 0) is 49.8 Å². The van der Waals surface area contributed by atoms with E-state index < -0.39 is 20.6 Å². The van der Waals surface area contributed by atoms with Gasteiger partial charge in [0, 0.05) is 19.2 Å². The molecule has 2 aromatic carbocycles. The number of hydroxylamine groups is 1. The lowest BCUT2D eigenvalue weighted by atomic mass is 9.90. The molecule has 0 atom stereocenters. The molecular formula is C29H37N3O7S. The van der Waals surface area contributed by atoms with E-state index in [2.05, 4.69) is 0 Å². The van der Waals surface area contributed by atoms with Crippen molar-refractivity contribution in [1.29, 1.82) is 0 Å². The Kier molecular flexibility index (Phi) is 10.4. The highest BCUT2D eigenvalue weighted by molar-refractivity contribution is 7.89. The lowest BCUT2D eigenvalue weighted by Crippen LogP contribution is -2.34. The maximum absolute atomic E-state index is 13.4. The number of unbranched alkanes of at least 4 members (excludes halogenated alkanes) is 5. The molecule has 2 amide bonds. The fourth-order valence-electron chi connectivity index (χ4n) is 5.39. The van der Waals surface area contributed by atoms with Crippen molar-refractivity contribution >= 4 is 27.5 Å². The summed E-state index contributed by atoms with van der Waals surface area (Å²) in [5.41, 5.74) is 0.448. The second kappa shape index (κ2) is 14.0. The number of sulfonamides is 1. The summed E-state index contributed by atoms with van der Waals surface area (Å²) in [6.45, 7) is 0.761. The Labute approximate surface area is 235 Å². The minimum atomic E-state index is -4.22. The van der Waals surface area contributed by atoms with Crippen molar-refractivity contribution < 1.29 is 27.8 Å². The second-order valence-corrected chi connectivity index (χ2v) is 12.3. The largest absolute Gasteiger partial charge is 0.289 e. The number of carbonyl (C=O) groups is 2. The zero-order valence-corrected chi connectivity index (χ0v) is 23.5. The number of nitro benzene ring substituents is 1. The minimum Gasteiger partial charge on any atom is -0.284 e. The third-order valence-electron chi connectivity index (χ3n) is 7.64. The van der Waals surface area contributed by atoms with E-state index >= 15 is 0 Å². The van der Waals surface area contributed by atoms with Crippen molar-refractivity contribution in [1.82, 2.24) is 9.37 Å². The maximum atomic E-state index is 13.4. The van der Waals surface area contributed by atoms with Crippen LogP contribution in [0.2, 0.25) is 0 Å². The molecule has 1 saturated carbocycles. The average Bonchev–Trinajstić information content (AvgIpc) is 3.21. The number of rotatable bonds is 15. The van der Waals surface area contributed by atoms with E-state index in [1.807, 2.05) is 0 Å². The molecule has 2 aliphatic rings. The van der Waals surface area contributed by atoms with Gasteiger partial charge in [0.15, 0.2) is 4.90 Å². The molecule has 0 spiro atoms. The third kappa shape index (κ3) is 7.13. The number of nitrogens with zero attached hydrogens (tertiary/aromatic N) is 3. The molecule has 11 heteroatoms. The quantitative estimate of drug-likeness (QED) is 0.116. The normalized spacial score (nSPS) is 16.1. The van der Waals surface area contributed by atoms with Crippen LogP contribution in [-0.2, 0) is 14.9 Å². The van der Waals surface area contributed by atoms with Crippen LogP contribution in [0.5, 0.6) is 0 Å². The second-order valence-electron chi connectivity index (χ2n) is 10.5. The van der Waals surface area contributed by atoms with Crippen LogP contribution in [0, 0.1) is 16.0 Å². The van der Waals surface area contributed by atoms with E-state index in [1.165, 1.54) is 35.6 Å². The smallest absolute Gasteiger partial charge is 0.284 e. The third-order valence-corrected chi connectivity index (χ3v) is 9.36. The first-order valence-electron chi connectivity index (χ1n) is 14.1. The van der Waals surface area contributed by atoms with E-state index in [9.17, 15) is 28.1 Å². The molecule has 0 aromatic heterocycles. The van der Waals surface area contributed by atoms with Gasteiger partial charge in [0.25, 0.3) is 27.5 Å². The van der Waals surface area contributed by atoms with Crippen molar-refractivity contribution in [2.45, 2.75) is 75.5 Å². The number of nitro groups is 1. The molecule has 4 rings (SSSR count). The first-order chi connectivity index (χ1) is 19.3. The molecule has 1 heterocycles. The Morgan fingerprint density at radius 3 is 2.08 bits per heavy atom. The average molecular weight is 572 g/mol. The van der Waals surface area contributed by atoms with E-state index in [4.69, 9.17) is 4.84 Å². The number of hydrogen-bond acceptors (Lipinski definition) is 7. The highest BCUT2D eigenvalue weighted by Gasteiger charge is 2.35. The first kappa shape index (κ1) is 29.8. The number of para-hydroxylation sites is 1. The summed E-state index contributed by atoms with van der Waals surface area (Å²) < 4.78 is 27.8. The summed E-state index contributed by atoms with van der Waals surface area (Å²) in [5, 5.41) is 11.5. The summed E-state index contributed by atoms with van der Waals surface area (Å²) >= 11 is 0. The Balaban J connectivity index is 1.25. The SMILES string of the molecule is O=C1c2ccccc2C(=O)N1CCCCCCCCN(OCC1CCCCC1)S(=O)(=O)c1ccccc1[N+](=O)[O-]. The van der Waals surface area contributed by atoms with Crippen molar-refractivity contribution in [3.63, 3.8) is 0 Å². The first-order valence-corrected chi connectivity index (χ1v) is 15.6. The summed E-state index contributed by atoms with van der Waals surface area (Å²) in [7, 11) is -4.22. The van der Waals surface area contributed by atoms with Gasteiger partial charge in [-0.25, -0.2) is 8.42 Å². The van der Waals surface area contributed by atoms with Gasteiger partial charge in [-0.2, -0.15) is 0 Å². The van der Waals surface area contributed by atoms with Gasteiger partial charge < -0.3 is 0 Å². The van der Waals surface area contributed by atoms with Crippen LogP contribution in [0.4, 0.5) is 5.69 Å². The van der Waals surface area contributed by atoms with Crippen LogP contribution in [0.25, 0.3) is 0 Å². The van der Waals surface area contributed by atoms with Crippen molar-refractivity contribution in [3.05, 3.63) is 69.8 Å². The molecule has 40 heavy (non-hydrogen) atoms. The number of imide groups is 1. The van der Waals surface area contributed by atoms with Crippen LogP contribution in [0.15, 0.2) is 53.4 Å². The van der Waals surface area contributed by atoms with Gasteiger partial charge in [-0.3, -0.25) is 29.4 Å². The van der Waals surface area contributed by atoms with Crippen molar-refractivity contribution in [2.24, 2.45) is 5.92 Å². The van der Waals surface area contributed by atoms with Crippen molar-refractivity contribution in [3.8, 4) is 0 Å². The fourth-order valence-corrected chi connectivity index (χ4v) is 6.84. The standard InChI is InChI=1S/C29H37N3O7S/c33-28-24-16-8-9-17-25(24)29(34)30(28)20-12-3-1-2-4-13-21-31(39-22-23-14-6-5-7-15-23)40(37,38)27-19-11-10-18-26(27)32(35)36/h8-11,16-19,23H,1-7,12-15,20-22H2. The van der Waals surface area contributed by atoms with E-state index in [0.29, 0.717) is 30.5 Å². The molecule has 10 nitrogen and oxygen atoms in total. The number of carbonyl (C=O) groups excluding carboxylic acids is 2. The van der Waals surface area contributed by atoms with E-state index in [1.54, 1.807) is 24.3 Å². The van der Waals surface area contributed by atoms with Gasteiger partial charge in [-0.15, -0.1) is 0 Å². The molecule has 2 aromatic rings. The molecule has 0 unspecified atom stereocenters. The molecule has 1 fully saturated rings. The van der Waals surface area contributed by atoms with E-state index in [-0.39, 0.29) is 35.8 Å². The van der Waals surface area contributed by atoms with Crippen molar-refractivity contribution in [2.75, 3.05) is 19.7 Å². The lowest BCUT2D eigenvalue weighted by molar-refractivity contribution is -0.387. The predicted octanol–water partition coefficient (Wildman–Crippen LogP) is 5.73. The molecule has 0 N–H and O–H groups in total. The summed E-state index contributed by atoms with van der Waals surface area (Å²) in [6, 6.07) is 12.2. The van der Waals surface area contributed by atoms with Crippen LogP contribution >= 0.6 is 0 Å². The maximum Gasteiger partial charge on any atom is 0.289 e. The Bertz CT molecular complexity index is 1270. The van der Waals surface area contributed by atoms with Gasteiger partial charge in [0.2, 0.25) is 0 Å². The molecule has 0 radical (unpaired) electrons. The summed E-state index contributed by atoms with van der Waals surface area (Å²) in [5.74, 6) is -0.207. The monoisotopic (exact) mass is 571 g/mol. The Morgan fingerprint density at radius 2 is 1.43 bits per heavy atom. The Morgan fingerprint density at radius 1 is 0.850 bits per heavy atom. The Hall–Kier alpha value is -3.15. The summed E-state index contributed by atoms with van der Waals surface area (Å²) in [4.78, 5) is 42.5. The van der Waals surface area contributed by atoms with Gasteiger partial charge >= 0.3 is 0 Å². The zero-order valence-electron chi connectivity index (χ0n) is 22.7. The zero-order chi connectivity index (χ0) is 28.5. The van der Waals surface area contributed by atoms with Gasteiger partial charge in [0.05, 0.1) is 22.7 Å². The minimum absolute atomic E-state index is 0.107. The summed E-state index contributed by atoms with van der Waals surface area (Å²) in [6.07, 6.45) is 9.90. The molecular weight excluding hydrogens is 534 g/mol. The molecule has 0 bridgehead atoms. The number of amides is 2. The van der Waals surface area contributed by atoms with Crippen LogP contribution < -0.4 is 0 Å². The van der Waals surface area contributed by atoms with Gasteiger partial charge in [0.1, 0.15) is 0 Å². The topological polar surface area (TPSA) is 127 Å². The van der Waals surface area contributed by atoms with Crippen LogP contribution in [0.1, 0.15) is 91.3 Å². The number of hydrogen-bond donors (Lipinski definition) is 0. The number of benzene rings is 2. The van der Waals surface area contributed by atoms with E-state index in [0.717, 1.165) is 55.8 Å². The van der Waals surface area contributed by atoms with Crippen LogP contribution in [-0.4, -0.2) is 54.2 Å². The predicted molar refractivity (Wildman–Crippen MR) is 149 cm³/mol. The molecule has 216 valence electrons. The highest BCUT2D eigenvalue weighted by Crippen LogP contribution is 2.29. The number of fused-ring (bicyclic) bond motifs is 1. The lowest BCUT2D eigenvalue weighted by Gasteiger charge is -2.26. The molecule has 1 aliphatic heterocycles. The van der Waals surface area contributed by atoms with Crippen LogP contribution in [0.3, 0.4) is 0 Å². The molecule has 1 aliphatic carbocycles. The fraction of sp³-hybridized carbons (Fsp3) is 0.517. The highest BCUT2D eigenvalue weighted by atomic mass is 32.2. The molecule has 0 saturated heterocycles. The van der Waals surface area contributed by atoms with Gasteiger partial charge in [-0.1, -0.05) is 73.7 Å².